The fourth-order valence-electron chi connectivity index (χ4n) is 4.54. The van der Waals surface area contributed by atoms with Gasteiger partial charge in [-0.3, -0.25) is 0 Å². The van der Waals surface area contributed by atoms with Crippen molar-refractivity contribution in [3.8, 4) is 0 Å². The van der Waals surface area contributed by atoms with Gasteiger partial charge in [0.2, 0.25) is 0 Å². The number of carbonyl (C=O) groups is 1. The zero-order valence-electron chi connectivity index (χ0n) is 19.5. The van der Waals surface area contributed by atoms with Gasteiger partial charge in [-0.15, -0.1) is 0 Å². The minimum absolute atomic E-state index is 0.154. The Hall–Kier alpha value is -2.12. The molecule has 180 valence electrons. The number of amides is 1. The van der Waals surface area contributed by atoms with Gasteiger partial charge in [0.25, 0.3) is 0 Å². The first-order valence-electron chi connectivity index (χ1n) is 11.5. The van der Waals surface area contributed by atoms with E-state index in [0.29, 0.717) is 19.1 Å². The van der Waals surface area contributed by atoms with Gasteiger partial charge < -0.3 is 20.3 Å². The van der Waals surface area contributed by atoms with E-state index in [2.05, 4.69) is 17.6 Å². The van der Waals surface area contributed by atoms with E-state index in [1.54, 1.807) is 0 Å². The van der Waals surface area contributed by atoms with E-state index in [1.807, 2.05) is 49.9 Å². The van der Waals surface area contributed by atoms with Crippen LogP contribution in [0.3, 0.4) is 0 Å². The molecule has 1 saturated carbocycles. The molecule has 1 aliphatic heterocycles. The fraction of sp³-hybridized carbons (Fsp3) is 0.708. The molecule has 1 heterocycles. The summed E-state index contributed by atoms with van der Waals surface area (Å²) in [4.78, 5) is 14.2. The van der Waals surface area contributed by atoms with Crippen LogP contribution >= 0.6 is 0 Å². The molecule has 2 N–H and O–H groups in total. The second-order valence-electron chi connectivity index (χ2n) is 10.5. The number of nitrogens with zero attached hydrogens (tertiary/aromatic N) is 1. The second kappa shape index (κ2) is 9.40. The Labute approximate surface area is 189 Å². The average molecular weight is 456 g/mol. The Kier molecular flexibility index (Phi) is 7.20. The fourth-order valence-corrected chi connectivity index (χ4v) is 4.54. The molecular formula is C24H36F3N3O2. The highest BCUT2D eigenvalue weighted by atomic mass is 19.4. The maximum absolute atomic E-state index is 12.9. The minimum Gasteiger partial charge on any atom is -0.444 e. The van der Waals surface area contributed by atoms with Crippen LogP contribution in [0.1, 0.15) is 66.2 Å². The van der Waals surface area contributed by atoms with Crippen molar-refractivity contribution in [1.82, 2.24) is 5.32 Å². The molecule has 3 rings (SSSR count). The van der Waals surface area contributed by atoms with Crippen molar-refractivity contribution in [3.63, 3.8) is 0 Å². The molecule has 1 aliphatic carbocycles. The standard InChI is InChI=1S/C24H36F3N3O2/c1-22(2,3)32-21(31)29-23(4)13-9-19(10-14-23)28-18-5-7-20(8-6-18)30-15-11-17(12-16-30)24(25,26)27/h5-8,17,19,28H,9-16H2,1-4H3,(H,29,31). The number of piperidine rings is 1. The van der Waals surface area contributed by atoms with Crippen molar-refractivity contribution >= 4 is 17.5 Å². The molecule has 1 saturated heterocycles. The molecule has 1 aromatic carbocycles. The van der Waals surface area contributed by atoms with E-state index in [4.69, 9.17) is 4.74 Å². The monoisotopic (exact) mass is 455 g/mol. The number of benzene rings is 1. The second-order valence-corrected chi connectivity index (χ2v) is 10.5. The first-order valence-corrected chi connectivity index (χ1v) is 11.5. The molecule has 0 bridgehead atoms. The highest BCUT2D eigenvalue weighted by molar-refractivity contribution is 5.68. The zero-order chi connectivity index (χ0) is 23.6. The van der Waals surface area contributed by atoms with Gasteiger partial charge in [-0.2, -0.15) is 13.2 Å². The van der Waals surface area contributed by atoms with Crippen molar-refractivity contribution in [2.45, 2.75) is 89.6 Å². The lowest BCUT2D eigenvalue weighted by molar-refractivity contribution is -0.179. The van der Waals surface area contributed by atoms with Gasteiger partial charge >= 0.3 is 12.3 Å². The third-order valence-electron chi connectivity index (χ3n) is 6.45. The number of ether oxygens (including phenoxy) is 1. The Morgan fingerprint density at radius 2 is 1.59 bits per heavy atom. The van der Waals surface area contributed by atoms with Gasteiger partial charge in [0.15, 0.2) is 0 Å². The van der Waals surface area contributed by atoms with Gasteiger partial charge in [0.1, 0.15) is 5.60 Å². The maximum Gasteiger partial charge on any atom is 0.408 e. The van der Waals surface area contributed by atoms with Gasteiger partial charge in [-0.05, 0) is 90.5 Å². The lowest BCUT2D eigenvalue weighted by atomic mass is 9.81. The maximum atomic E-state index is 12.9. The van der Waals surface area contributed by atoms with Gasteiger partial charge in [0.05, 0.1) is 5.92 Å². The van der Waals surface area contributed by atoms with Crippen LogP contribution in [0.15, 0.2) is 24.3 Å². The van der Waals surface area contributed by atoms with E-state index in [-0.39, 0.29) is 24.5 Å². The first kappa shape index (κ1) is 24.5. The zero-order valence-corrected chi connectivity index (χ0v) is 19.5. The summed E-state index contributed by atoms with van der Waals surface area (Å²) < 4.78 is 44.0. The predicted molar refractivity (Wildman–Crippen MR) is 121 cm³/mol. The lowest BCUT2D eigenvalue weighted by Crippen LogP contribution is -2.51. The summed E-state index contributed by atoms with van der Waals surface area (Å²) in [5.74, 6) is -1.18. The quantitative estimate of drug-likeness (QED) is 0.576. The molecule has 2 fully saturated rings. The number of alkyl halides is 3. The van der Waals surface area contributed by atoms with Gasteiger partial charge in [-0.1, -0.05) is 0 Å². The molecule has 1 amide bonds. The van der Waals surface area contributed by atoms with Crippen molar-refractivity contribution in [2.24, 2.45) is 5.92 Å². The van der Waals surface area contributed by atoms with E-state index in [9.17, 15) is 18.0 Å². The van der Waals surface area contributed by atoms with Crippen molar-refractivity contribution in [3.05, 3.63) is 24.3 Å². The number of halogens is 3. The van der Waals surface area contributed by atoms with Crippen molar-refractivity contribution in [2.75, 3.05) is 23.3 Å². The summed E-state index contributed by atoms with van der Waals surface area (Å²) in [7, 11) is 0. The Balaban J connectivity index is 1.45. The van der Waals surface area contributed by atoms with Crippen LogP contribution in [0.25, 0.3) is 0 Å². The molecule has 2 aliphatic rings. The number of anilines is 2. The highest BCUT2D eigenvalue weighted by Crippen LogP contribution is 2.36. The summed E-state index contributed by atoms with van der Waals surface area (Å²) in [5.41, 5.74) is 1.19. The number of carbonyl (C=O) groups excluding carboxylic acids is 1. The Morgan fingerprint density at radius 1 is 1.03 bits per heavy atom. The third-order valence-corrected chi connectivity index (χ3v) is 6.45. The topological polar surface area (TPSA) is 53.6 Å². The van der Waals surface area contributed by atoms with E-state index in [1.165, 1.54) is 0 Å². The number of nitrogens with one attached hydrogen (secondary N) is 2. The molecular weight excluding hydrogens is 419 g/mol. The first-order chi connectivity index (χ1) is 14.8. The van der Waals surface area contributed by atoms with E-state index >= 15 is 0 Å². The number of rotatable bonds is 4. The Morgan fingerprint density at radius 3 is 2.09 bits per heavy atom. The van der Waals surface area contributed by atoms with Gasteiger partial charge in [-0.25, -0.2) is 4.79 Å². The molecule has 32 heavy (non-hydrogen) atoms. The molecule has 1 aromatic rings. The average Bonchev–Trinajstić information content (AvgIpc) is 2.68. The summed E-state index contributed by atoms with van der Waals surface area (Å²) in [6.45, 7) is 8.48. The molecule has 0 unspecified atom stereocenters. The summed E-state index contributed by atoms with van der Waals surface area (Å²) in [6.07, 6.45) is -0.576. The van der Waals surface area contributed by atoms with Crippen LogP contribution in [0, 0.1) is 5.92 Å². The largest absolute Gasteiger partial charge is 0.444 e. The predicted octanol–water partition coefficient (Wildman–Crippen LogP) is 6.10. The summed E-state index contributed by atoms with van der Waals surface area (Å²) in [6, 6.07) is 8.27. The molecule has 0 atom stereocenters. The van der Waals surface area contributed by atoms with Crippen molar-refractivity contribution in [1.29, 1.82) is 0 Å². The molecule has 0 spiro atoms. The summed E-state index contributed by atoms with van der Waals surface area (Å²) in [5, 5.41) is 6.58. The van der Waals surface area contributed by atoms with Crippen LogP contribution < -0.4 is 15.5 Å². The van der Waals surface area contributed by atoms with Gasteiger partial charge in [0, 0.05) is 36.0 Å². The van der Waals surface area contributed by atoms with Crippen LogP contribution in [0.4, 0.5) is 29.3 Å². The molecule has 0 aromatic heterocycles. The lowest BCUT2D eigenvalue weighted by Gasteiger charge is -2.39. The molecule has 8 heteroatoms. The normalized spacial score (nSPS) is 25.3. The Bertz CT molecular complexity index is 758. The van der Waals surface area contributed by atoms with E-state index in [0.717, 1.165) is 37.1 Å². The summed E-state index contributed by atoms with van der Waals surface area (Å²) >= 11 is 0. The molecule has 0 radical (unpaired) electrons. The van der Waals surface area contributed by atoms with Crippen LogP contribution in [0.5, 0.6) is 0 Å². The number of hydrogen-bond donors (Lipinski definition) is 2. The van der Waals surface area contributed by atoms with Crippen LogP contribution in [-0.4, -0.2) is 42.5 Å². The highest BCUT2D eigenvalue weighted by Gasteiger charge is 2.41. The van der Waals surface area contributed by atoms with Crippen LogP contribution in [0.2, 0.25) is 0 Å². The molecule has 5 nitrogen and oxygen atoms in total. The number of hydrogen-bond acceptors (Lipinski definition) is 4. The van der Waals surface area contributed by atoms with Crippen molar-refractivity contribution < 1.29 is 22.7 Å². The smallest absolute Gasteiger partial charge is 0.408 e. The van der Waals surface area contributed by atoms with Crippen LogP contribution in [-0.2, 0) is 4.74 Å². The third kappa shape index (κ3) is 6.94. The number of alkyl carbamates (subject to hydrolysis) is 1. The SMILES string of the molecule is CC1(NC(=O)OC(C)(C)C)CCC(Nc2ccc(N3CCC(C(F)(F)F)CC3)cc2)CC1. The minimum atomic E-state index is -4.08. The van der Waals surface area contributed by atoms with E-state index < -0.39 is 17.7 Å².